The lowest BCUT2D eigenvalue weighted by Crippen LogP contribution is -2.13. The fraction of sp³-hybridized carbons (Fsp3) is 0.294. The molecule has 0 aromatic heterocycles. The van der Waals surface area contributed by atoms with E-state index in [9.17, 15) is 0 Å². The second kappa shape index (κ2) is 6.04. The summed E-state index contributed by atoms with van der Waals surface area (Å²) in [6.07, 6.45) is 4.03. The molecule has 0 spiro atoms. The monoisotopic (exact) mass is 397 g/mol. The van der Waals surface area contributed by atoms with Gasteiger partial charge in [-0.05, 0) is 70.2 Å². The molecule has 3 heteroatoms. The van der Waals surface area contributed by atoms with E-state index in [-0.39, 0.29) is 6.04 Å². The van der Waals surface area contributed by atoms with Gasteiger partial charge in [0.15, 0.2) is 0 Å². The maximum absolute atomic E-state index is 6.35. The third-order valence-electron chi connectivity index (χ3n) is 4.17. The molecule has 2 aromatic rings. The van der Waals surface area contributed by atoms with Crippen LogP contribution in [0.1, 0.15) is 47.9 Å². The highest BCUT2D eigenvalue weighted by molar-refractivity contribution is 14.1. The van der Waals surface area contributed by atoms with Gasteiger partial charge in [-0.15, -0.1) is 0 Å². The molecule has 0 heterocycles. The van der Waals surface area contributed by atoms with Gasteiger partial charge in [0.25, 0.3) is 0 Å². The van der Waals surface area contributed by atoms with Gasteiger partial charge in [-0.1, -0.05) is 48.4 Å². The Morgan fingerprint density at radius 2 is 1.70 bits per heavy atom. The van der Waals surface area contributed by atoms with E-state index in [1.807, 2.05) is 12.1 Å². The average Bonchev–Trinajstić information content (AvgIpc) is 2.40. The van der Waals surface area contributed by atoms with E-state index in [0.29, 0.717) is 0 Å². The van der Waals surface area contributed by atoms with Crippen molar-refractivity contribution < 1.29 is 0 Å². The lowest BCUT2D eigenvalue weighted by atomic mass is 9.79. The molecule has 1 saturated carbocycles. The largest absolute Gasteiger partial charge is 0.320 e. The standard InChI is InChI=1S/C17H17ClIN/c18-15-10-14(8-9-16(15)19)17(20)13-6-4-12(5-7-13)11-2-1-3-11/h4-11,17H,1-3,20H2. The van der Waals surface area contributed by atoms with Crippen molar-refractivity contribution in [3.8, 4) is 0 Å². The predicted octanol–water partition coefficient (Wildman–Crippen LogP) is 5.26. The molecule has 0 saturated heterocycles. The molecular formula is C17H17ClIN. The molecule has 0 aliphatic heterocycles. The summed E-state index contributed by atoms with van der Waals surface area (Å²) in [5, 5.41) is 0.768. The van der Waals surface area contributed by atoms with E-state index in [1.165, 1.54) is 24.8 Å². The maximum atomic E-state index is 6.35. The summed E-state index contributed by atoms with van der Waals surface area (Å²) in [5.74, 6) is 0.771. The van der Waals surface area contributed by atoms with Crippen LogP contribution in [0.5, 0.6) is 0 Å². The van der Waals surface area contributed by atoms with E-state index in [4.69, 9.17) is 17.3 Å². The van der Waals surface area contributed by atoms with Crippen molar-refractivity contribution in [3.05, 3.63) is 67.7 Å². The molecule has 1 atom stereocenters. The molecule has 2 N–H and O–H groups in total. The molecule has 1 fully saturated rings. The van der Waals surface area contributed by atoms with Gasteiger partial charge in [0.05, 0.1) is 11.1 Å². The number of benzene rings is 2. The first kappa shape index (κ1) is 14.4. The zero-order valence-corrected chi connectivity index (χ0v) is 14.1. The van der Waals surface area contributed by atoms with E-state index in [1.54, 1.807) is 0 Å². The average molecular weight is 398 g/mol. The molecule has 2 aromatic carbocycles. The molecule has 1 aliphatic carbocycles. The fourth-order valence-corrected chi connectivity index (χ4v) is 3.14. The summed E-state index contributed by atoms with van der Waals surface area (Å²) < 4.78 is 1.06. The molecule has 1 aliphatic rings. The number of halogens is 2. The van der Waals surface area contributed by atoms with Crippen LogP contribution in [0, 0.1) is 3.57 Å². The summed E-state index contributed by atoms with van der Waals surface area (Å²) in [6.45, 7) is 0. The number of rotatable bonds is 3. The van der Waals surface area contributed by atoms with E-state index in [2.05, 4.69) is 52.9 Å². The quantitative estimate of drug-likeness (QED) is 0.702. The SMILES string of the molecule is NC(c1ccc(C2CCC2)cc1)c1ccc(I)c(Cl)c1. The van der Waals surface area contributed by atoms with Crippen LogP contribution in [0.2, 0.25) is 5.02 Å². The Morgan fingerprint density at radius 1 is 1.05 bits per heavy atom. The molecule has 20 heavy (non-hydrogen) atoms. The highest BCUT2D eigenvalue weighted by Crippen LogP contribution is 2.36. The zero-order valence-electron chi connectivity index (χ0n) is 11.2. The van der Waals surface area contributed by atoms with Gasteiger partial charge >= 0.3 is 0 Å². The van der Waals surface area contributed by atoms with Crippen molar-refractivity contribution in [2.24, 2.45) is 5.73 Å². The normalized spacial score (nSPS) is 16.8. The summed E-state index contributed by atoms with van der Waals surface area (Å²) in [5.41, 5.74) is 10.0. The number of hydrogen-bond donors (Lipinski definition) is 1. The highest BCUT2D eigenvalue weighted by Gasteiger charge is 2.19. The van der Waals surface area contributed by atoms with Crippen molar-refractivity contribution in [1.29, 1.82) is 0 Å². The molecule has 0 bridgehead atoms. The summed E-state index contributed by atoms with van der Waals surface area (Å²) >= 11 is 8.40. The summed E-state index contributed by atoms with van der Waals surface area (Å²) in [7, 11) is 0. The Hall–Kier alpha value is -0.580. The molecular weight excluding hydrogens is 381 g/mol. The van der Waals surface area contributed by atoms with Crippen LogP contribution in [0.25, 0.3) is 0 Å². The first-order chi connectivity index (χ1) is 9.65. The Kier molecular flexibility index (Phi) is 4.34. The van der Waals surface area contributed by atoms with Gasteiger partial charge in [0, 0.05) is 3.57 Å². The van der Waals surface area contributed by atoms with Gasteiger partial charge in [-0.2, -0.15) is 0 Å². The van der Waals surface area contributed by atoms with Crippen molar-refractivity contribution in [3.63, 3.8) is 0 Å². The maximum Gasteiger partial charge on any atom is 0.0552 e. The topological polar surface area (TPSA) is 26.0 Å². The summed E-state index contributed by atoms with van der Waals surface area (Å²) in [4.78, 5) is 0. The molecule has 1 nitrogen and oxygen atoms in total. The van der Waals surface area contributed by atoms with Crippen LogP contribution in [0.4, 0.5) is 0 Å². The minimum Gasteiger partial charge on any atom is -0.320 e. The predicted molar refractivity (Wildman–Crippen MR) is 93.2 cm³/mol. The van der Waals surface area contributed by atoms with Crippen molar-refractivity contribution in [2.45, 2.75) is 31.2 Å². The van der Waals surface area contributed by atoms with Gasteiger partial charge in [0.1, 0.15) is 0 Å². The van der Waals surface area contributed by atoms with Crippen LogP contribution in [-0.2, 0) is 0 Å². The fourth-order valence-electron chi connectivity index (χ4n) is 2.62. The highest BCUT2D eigenvalue weighted by atomic mass is 127. The lowest BCUT2D eigenvalue weighted by molar-refractivity contribution is 0.419. The molecule has 1 unspecified atom stereocenters. The number of hydrogen-bond acceptors (Lipinski definition) is 1. The van der Waals surface area contributed by atoms with E-state index in [0.717, 1.165) is 25.6 Å². The van der Waals surface area contributed by atoms with Crippen molar-refractivity contribution in [1.82, 2.24) is 0 Å². The zero-order chi connectivity index (χ0) is 14.1. The molecule has 0 amide bonds. The lowest BCUT2D eigenvalue weighted by Gasteiger charge is -2.26. The smallest absolute Gasteiger partial charge is 0.0552 e. The Bertz CT molecular complexity index is 605. The van der Waals surface area contributed by atoms with Gasteiger partial charge in [-0.25, -0.2) is 0 Å². The number of nitrogens with two attached hydrogens (primary N) is 1. The molecule has 0 radical (unpaired) electrons. The third kappa shape index (κ3) is 2.87. The summed E-state index contributed by atoms with van der Waals surface area (Å²) in [6, 6.07) is 14.7. The first-order valence-electron chi connectivity index (χ1n) is 6.95. The molecule has 104 valence electrons. The van der Waals surface area contributed by atoms with Crippen LogP contribution >= 0.6 is 34.2 Å². The van der Waals surface area contributed by atoms with Gasteiger partial charge in [0.2, 0.25) is 0 Å². The van der Waals surface area contributed by atoms with Crippen LogP contribution in [0.15, 0.2) is 42.5 Å². The van der Waals surface area contributed by atoms with E-state index < -0.39 is 0 Å². The third-order valence-corrected chi connectivity index (χ3v) is 5.75. The Labute approximate surface area is 138 Å². The first-order valence-corrected chi connectivity index (χ1v) is 8.41. The van der Waals surface area contributed by atoms with E-state index >= 15 is 0 Å². The van der Waals surface area contributed by atoms with Crippen molar-refractivity contribution >= 4 is 34.2 Å². The van der Waals surface area contributed by atoms with Crippen LogP contribution in [0.3, 0.4) is 0 Å². The second-order valence-electron chi connectivity index (χ2n) is 5.45. The van der Waals surface area contributed by atoms with Gasteiger partial charge in [-0.3, -0.25) is 0 Å². The minimum atomic E-state index is -0.111. The second-order valence-corrected chi connectivity index (χ2v) is 7.02. The van der Waals surface area contributed by atoms with Gasteiger partial charge < -0.3 is 5.73 Å². The Balaban J connectivity index is 1.82. The Morgan fingerprint density at radius 3 is 2.25 bits per heavy atom. The molecule has 3 rings (SSSR count). The van der Waals surface area contributed by atoms with Crippen LogP contribution in [-0.4, -0.2) is 0 Å². The van der Waals surface area contributed by atoms with Crippen LogP contribution < -0.4 is 5.73 Å². The minimum absolute atomic E-state index is 0.111. The van der Waals surface area contributed by atoms with Crippen molar-refractivity contribution in [2.75, 3.05) is 0 Å².